The summed E-state index contributed by atoms with van der Waals surface area (Å²) in [7, 11) is 1.68. The summed E-state index contributed by atoms with van der Waals surface area (Å²) in [6.45, 7) is 5.65. The van der Waals surface area contributed by atoms with Gasteiger partial charge in [0, 0.05) is 13.0 Å². The van der Waals surface area contributed by atoms with Crippen molar-refractivity contribution >= 4 is 13.8 Å². The zero-order valence-corrected chi connectivity index (χ0v) is 39.5. The van der Waals surface area contributed by atoms with Crippen molar-refractivity contribution in [2.75, 3.05) is 54.1 Å². The van der Waals surface area contributed by atoms with Crippen molar-refractivity contribution in [1.82, 2.24) is 0 Å². The first-order valence-corrected chi connectivity index (χ1v) is 25.9. The van der Waals surface area contributed by atoms with Gasteiger partial charge in [-0.3, -0.25) is 13.8 Å². The molecule has 8 nitrogen and oxygen atoms in total. The Kier molecular flexibility index (Phi) is 41.4. The fraction of sp³-hybridized carbons (Fsp3) is 0.938. The lowest BCUT2D eigenvalue weighted by Gasteiger charge is -2.24. The summed E-state index contributed by atoms with van der Waals surface area (Å²) in [6, 6.07) is 0. The molecule has 0 spiro atoms. The molecule has 0 aromatic carbocycles. The highest BCUT2D eigenvalue weighted by Crippen LogP contribution is 2.43. The quantitative estimate of drug-likeness (QED) is 0.0215. The summed E-state index contributed by atoms with van der Waals surface area (Å²) in [6.07, 6.45) is 46.7. The van der Waals surface area contributed by atoms with E-state index in [9.17, 15) is 14.3 Å². The lowest BCUT2D eigenvalue weighted by atomic mass is 10.0. The molecule has 0 aliphatic heterocycles. The number of phosphoric ester groups is 1. The van der Waals surface area contributed by atoms with Crippen molar-refractivity contribution in [2.24, 2.45) is 0 Å². The van der Waals surface area contributed by atoms with E-state index < -0.39 is 13.9 Å². The number of carbonyl (C=O) groups is 1. The molecule has 0 aliphatic rings. The van der Waals surface area contributed by atoms with Crippen molar-refractivity contribution < 1.29 is 37.3 Å². The van der Waals surface area contributed by atoms with Gasteiger partial charge in [-0.2, -0.15) is 0 Å². The average Bonchev–Trinajstić information content (AvgIpc) is 3.16. The normalized spacial score (nSPS) is 13.7. The number of allylic oxidation sites excluding steroid dienone is 2. The summed E-state index contributed by atoms with van der Waals surface area (Å²) >= 11 is 0. The first-order valence-electron chi connectivity index (χ1n) is 24.4. The molecule has 0 aromatic heterocycles. The molecule has 340 valence electrons. The van der Waals surface area contributed by atoms with Crippen LogP contribution in [0.3, 0.4) is 0 Å². The molecule has 0 rings (SSSR count). The maximum absolute atomic E-state index is 12.7. The molecule has 0 radical (unpaired) electrons. The highest BCUT2D eigenvalue weighted by atomic mass is 31.2. The molecule has 57 heavy (non-hydrogen) atoms. The van der Waals surface area contributed by atoms with Gasteiger partial charge in [0.15, 0.2) is 0 Å². The van der Waals surface area contributed by atoms with Crippen LogP contribution in [0.1, 0.15) is 232 Å². The fourth-order valence-electron chi connectivity index (χ4n) is 7.02. The number of rotatable bonds is 46. The number of hydrogen-bond acceptors (Lipinski definition) is 6. The van der Waals surface area contributed by atoms with Crippen LogP contribution in [0.25, 0.3) is 0 Å². The standard InChI is InChI=1S/C48H96NO7P/c1-6-8-10-12-14-16-18-20-22-23-24-25-26-27-29-31-33-35-37-39-41-48(50)56-47(46-55-57(51,52)54-44-42-49(3,4)5)45-53-43-40-38-36-34-32-30-28-21-19-17-15-13-11-9-7-2/h19,21,47H,6-18,20,22-46H2,1-5H3/p+1/b21-19-. The number of unbranched alkanes of at least 4 members (excludes halogenated alkanes) is 30. The Morgan fingerprint density at radius 1 is 0.526 bits per heavy atom. The van der Waals surface area contributed by atoms with Gasteiger partial charge in [-0.25, -0.2) is 4.57 Å². The van der Waals surface area contributed by atoms with Gasteiger partial charge < -0.3 is 18.9 Å². The van der Waals surface area contributed by atoms with Gasteiger partial charge in [0.05, 0.1) is 34.4 Å². The van der Waals surface area contributed by atoms with Crippen LogP contribution < -0.4 is 0 Å². The second kappa shape index (κ2) is 42.0. The Labute approximate surface area is 354 Å². The van der Waals surface area contributed by atoms with Crippen molar-refractivity contribution in [3.05, 3.63) is 12.2 Å². The van der Waals surface area contributed by atoms with Gasteiger partial charge in [-0.15, -0.1) is 0 Å². The van der Waals surface area contributed by atoms with Gasteiger partial charge >= 0.3 is 13.8 Å². The number of nitrogens with zero attached hydrogens (tertiary/aromatic N) is 1. The summed E-state index contributed by atoms with van der Waals surface area (Å²) in [4.78, 5) is 22.9. The summed E-state index contributed by atoms with van der Waals surface area (Å²) in [5, 5.41) is 0. The highest BCUT2D eigenvalue weighted by Gasteiger charge is 2.26. The van der Waals surface area contributed by atoms with Crippen LogP contribution in [0, 0.1) is 0 Å². The molecule has 0 aliphatic carbocycles. The minimum absolute atomic E-state index is 0.0908. The predicted molar refractivity (Wildman–Crippen MR) is 243 cm³/mol. The lowest BCUT2D eigenvalue weighted by molar-refractivity contribution is -0.870. The summed E-state index contributed by atoms with van der Waals surface area (Å²) in [5.74, 6) is -0.310. The zero-order chi connectivity index (χ0) is 42.0. The number of ether oxygens (including phenoxy) is 2. The molecule has 2 atom stereocenters. The van der Waals surface area contributed by atoms with Crippen molar-refractivity contribution in [3.8, 4) is 0 Å². The van der Waals surface area contributed by atoms with Crippen LogP contribution in [0.4, 0.5) is 0 Å². The van der Waals surface area contributed by atoms with Crippen molar-refractivity contribution in [2.45, 2.75) is 238 Å². The number of hydrogen-bond donors (Lipinski definition) is 1. The highest BCUT2D eigenvalue weighted by molar-refractivity contribution is 7.47. The van der Waals surface area contributed by atoms with E-state index in [1.165, 1.54) is 180 Å². The van der Waals surface area contributed by atoms with Gasteiger partial charge in [-0.1, -0.05) is 199 Å². The Hall–Kier alpha value is -0.760. The van der Waals surface area contributed by atoms with Gasteiger partial charge in [0.1, 0.15) is 19.3 Å². The minimum atomic E-state index is -4.27. The van der Waals surface area contributed by atoms with Gasteiger partial charge in [0.25, 0.3) is 0 Å². The molecular weight excluding hydrogens is 734 g/mol. The van der Waals surface area contributed by atoms with E-state index in [2.05, 4.69) is 26.0 Å². The lowest BCUT2D eigenvalue weighted by Crippen LogP contribution is -2.37. The molecule has 9 heteroatoms. The SMILES string of the molecule is CCCCCCC/C=C\CCCCCCCCOCC(COP(=O)(O)OCC[N+](C)(C)C)OC(=O)CCCCCCCCCCCCCCCCCCCCCC. The summed E-state index contributed by atoms with van der Waals surface area (Å²) in [5.41, 5.74) is 0. The number of carbonyl (C=O) groups excluding carboxylic acids is 1. The Bertz CT molecular complexity index is 925. The molecule has 0 bridgehead atoms. The first-order chi connectivity index (χ1) is 27.6. The molecule has 1 N–H and O–H groups in total. The Morgan fingerprint density at radius 3 is 1.33 bits per heavy atom. The minimum Gasteiger partial charge on any atom is -0.457 e. The second-order valence-electron chi connectivity index (χ2n) is 17.9. The Morgan fingerprint density at radius 2 is 0.912 bits per heavy atom. The monoisotopic (exact) mass is 831 g/mol. The molecule has 2 unspecified atom stereocenters. The third kappa shape index (κ3) is 46.2. The Balaban J connectivity index is 4.13. The number of esters is 1. The first kappa shape index (κ1) is 56.2. The van der Waals surface area contributed by atoms with E-state index in [0.29, 0.717) is 24.1 Å². The summed E-state index contributed by atoms with van der Waals surface area (Å²) < 4.78 is 35.1. The number of likely N-dealkylation sites (N-methyl/N-ethyl adjacent to an activating group) is 1. The predicted octanol–water partition coefficient (Wildman–Crippen LogP) is 14.6. The van der Waals surface area contributed by atoms with E-state index in [1.54, 1.807) is 0 Å². The van der Waals surface area contributed by atoms with Gasteiger partial charge in [0.2, 0.25) is 0 Å². The molecule has 0 fully saturated rings. The topological polar surface area (TPSA) is 91.3 Å². The molecule has 0 saturated carbocycles. The van der Waals surface area contributed by atoms with Gasteiger partial charge in [-0.05, 0) is 38.5 Å². The van der Waals surface area contributed by atoms with Crippen LogP contribution in [0.5, 0.6) is 0 Å². The van der Waals surface area contributed by atoms with E-state index in [1.807, 2.05) is 21.1 Å². The maximum atomic E-state index is 12.7. The largest absolute Gasteiger partial charge is 0.472 e. The third-order valence-electron chi connectivity index (χ3n) is 10.8. The molecular formula is C48H97NO7P+. The third-order valence-corrected chi connectivity index (χ3v) is 11.8. The van der Waals surface area contributed by atoms with Crippen LogP contribution in [0.2, 0.25) is 0 Å². The van der Waals surface area contributed by atoms with E-state index >= 15 is 0 Å². The fourth-order valence-corrected chi connectivity index (χ4v) is 7.76. The van der Waals surface area contributed by atoms with Crippen LogP contribution in [0.15, 0.2) is 12.2 Å². The molecule has 0 aromatic rings. The zero-order valence-electron chi connectivity index (χ0n) is 38.6. The van der Waals surface area contributed by atoms with Crippen LogP contribution in [-0.4, -0.2) is 75.6 Å². The van der Waals surface area contributed by atoms with E-state index in [0.717, 1.165) is 32.1 Å². The molecule has 0 heterocycles. The maximum Gasteiger partial charge on any atom is 0.472 e. The van der Waals surface area contributed by atoms with Crippen LogP contribution in [-0.2, 0) is 27.9 Å². The average molecular weight is 831 g/mol. The number of quaternary nitrogens is 1. The molecule has 0 saturated heterocycles. The van der Waals surface area contributed by atoms with Crippen LogP contribution >= 0.6 is 7.82 Å². The van der Waals surface area contributed by atoms with Crippen molar-refractivity contribution in [3.63, 3.8) is 0 Å². The number of phosphoric acid groups is 1. The van der Waals surface area contributed by atoms with E-state index in [4.69, 9.17) is 18.5 Å². The van der Waals surface area contributed by atoms with E-state index in [-0.39, 0.29) is 25.8 Å². The molecule has 0 amide bonds. The van der Waals surface area contributed by atoms with Crippen molar-refractivity contribution in [1.29, 1.82) is 0 Å². The smallest absolute Gasteiger partial charge is 0.457 e. The second-order valence-corrected chi connectivity index (χ2v) is 19.3.